The average Bonchev–Trinajstić information content (AvgIpc) is 3.13. The molecule has 3 aromatic rings. The number of anilines is 4. The van der Waals surface area contributed by atoms with Crippen molar-refractivity contribution >= 4 is 34.7 Å². The molecule has 5 rings (SSSR count). The Hall–Kier alpha value is -3.71. The van der Waals surface area contributed by atoms with Gasteiger partial charge in [0.25, 0.3) is 11.8 Å². The van der Waals surface area contributed by atoms with Crippen molar-refractivity contribution in [2.45, 2.75) is 26.3 Å². The summed E-state index contributed by atoms with van der Waals surface area (Å²) in [6.07, 6.45) is 2.55. The maximum atomic E-state index is 14.0. The van der Waals surface area contributed by atoms with Crippen molar-refractivity contribution in [3.05, 3.63) is 78.0 Å². The molecule has 2 aromatic carbocycles. The highest BCUT2D eigenvalue weighted by atomic mass is 16.2. The van der Waals surface area contributed by atoms with Crippen LogP contribution < -0.4 is 15.1 Å². The number of nitrogens with one attached hydrogen (secondary N) is 1. The molecule has 3 heterocycles. The second-order valence-corrected chi connectivity index (χ2v) is 8.68. The Morgan fingerprint density at radius 3 is 2.56 bits per heavy atom. The minimum Gasteiger partial charge on any atom is -0.357 e. The van der Waals surface area contributed by atoms with E-state index in [1.807, 2.05) is 18.2 Å². The van der Waals surface area contributed by atoms with E-state index in [1.54, 1.807) is 35.4 Å². The topological polar surface area (TPSA) is 68.8 Å². The standard InChI is InChI=1S/C27H29N5O2/c1-3-30(4-2)17-20-16-19-10-5-7-13-23(19)31(20)18-25(33)32-24-14-8-6-11-21(24)27(34)29-22-12-9-15-28-26(22)32/h5-15,20H,3-4,16-18H2,1-2H3,(H,29,34). The molecule has 0 aliphatic carbocycles. The van der Waals surface area contributed by atoms with Gasteiger partial charge >= 0.3 is 0 Å². The van der Waals surface area contributed by atoms with E-state index >= 15 is 0 Å². The molecule has 7 nitrogen and oxygen atoms in total. The van der Waals surface area contributed by atoms with Crippen molar-refractivity contribution in [1.29, 1.82) is 0 Å². The number of hydrogen-bond acceptors (Lipinski definition) is 5. The minimum absolute atomic E-state index is 0.120. The first-order valence-electron chi connectivity index (χ1n) is 11.9. The molecule has 0 bridgehead atoms. The zero-order valence-corrected chi connectivity index (χ0v) is 19.6. The van der Waals surface area contributed by atoms with Gasteiger partial charge in [-0.3, -0.25) is 14.5 Å². The maximum Gasteiger partial charge on any atom is 0.257 e. The number of para-hydroxylation sites is 2. The van der Waals surface area contributed by atoms with Crippen LogP contribution in [0.2, 0.25) is 0 Å². The van der Waals surface area contributed by atoms with Gasteiger partial charge in [0.05, 0.1) is 23.5 Å². The molecule has 1 atom stereocenters. The summed E-state index contributed by atoms with van der Waals surface area (Å²) >= 11 is 0. The van der Waals surface area contributed by atoms with Crippen molar-refractivity contribution in [2.75, 3.05) is 41.3 Å². The van der Waals surface area contributed by atoms with E-state index in [9.17, 15) is 9.59 Å². The second-order valence-electron chi connectivity index (χ2n) is 8.68. The highest BCUT2D eigenvalue weighted by Crippen LogP contribution is 2.38. The maximum absolute atomic E-state index is 14.0. The molecular formula is C27H29N5O2. The van der Waals surface area contributed by atoms with E-state index in [1.165, 1.54) is 5.56 Å². The fourth-order valence-electron chi connectivity index (χ4n) is 4.99. The number of carbonyl (C=O) groups excluding carboxylic acids is 2. The number of carbonyl (C=O) groups is 2. The molecule has 1 unspecified atom stereocenters. The van der Waals surface area contributed by atoms with E-state index in [0.29, 0.717) is 22.8 Å². The molecule has 34 heavy (non-hydrogen) atoms. The molecule has 7 heteroatoms. The molecule has 174 valence electrons. The van der Waals surface area contributed by atoms with Gasteiger partial charge in [0.1, 0.15) is 0 Å². The molecule has 2 aliphatic rings. The van der Waals surface area contributed by atoms with Crippen LogP contribution in [0.15, 0.2) is 66.9 Å². The number of likely N-dealkylation sites (N-methyl/N-ethyl adjacent to an activating group) is 1. The van der Waals surface area contributed by atoms with Crippen LogP contribution in [0, 0.1) is 0 Å². The number of aromatic nitrogens is 1. The fourth-order valence-corrected chi connectivity index (χ4v) is 4.99. The van der Waals surface area contributed by atoms with Crippen LogP contribution in [0.5, 0.6) is 0 Å². The summed E-state index contributed by atoms with van der Waals surface area (Å²) in [7, 11) is 0. The highest BCUT2D eigenvalue weighted by molar-refractivity contribution is 6.17. The van der Waals surface area contributed by atoms with E-state index in [2.05, 4.69) is 52.1 Å². The van der Waals surface area contributed by atoms with Crippen LogP contribution in [0.25, 0.3) is 0 Å². The van der Waals surface area contributed by atoms with Gasteiger partial charge in [-0.05, 0) is 55.4 Å². The Morgan fingerprint density at radius 2 is 1.76 bits per heavy atom. The highest BCUT2D eigenvalue weighted by Gasteiger charge is 2.35. The van der Waals surface area contributed by atoms with E-state index in [0.717, 1.165) is 31.7 Å². The molecule has 0 fully saturated rings. The van der Waals surface area contributed by atoms with Crippen LogP contribution in [-0.4, -0.2) is 53.9 Å². The predicted molar refractivity (Wildman–Crippen MR) is 135 cm³/mol. The number of hydrogen-bond donors (Lipinski definition) is 1. The summed E-state index contributed by atoms with van der Waals surface area (Å²) in [4.78, 5) is 37.6. The number of benzene rings is 2. The van der Waals surface area contributed by atoms with Crippen molar-refractivity contribution < 1.29 is 9.59 Å². The zero-order valence-electron chi connectivity index (χ0n) is 19.6. The van der Waals surface area contributed by atoms with Gasteiger partial charge in [0.15, 0.2) is 5.82 Å². The smallest absolute Gasteiger partial charge is 0.257 e. The molecular weight excluding hydrogens is 426 g/mol. The van der Waals surface area contributed by atoms with Gasteiger partial charge in [0.2, 0.25) is 0 Å². The Labute approximate surface area is 200 Å². The number of fused-ring (bicyclic) bond motifs is 3. The van der Waals surface area contributed by atoms with Gasteiger partial charge in [-0.2, -0.15) is 0 Å². The lowest BCUT2D eigenvalue weighted by molar-refractivity contribution is -0.116. The van der Waals surface area contributed by atoms with Crippen LogP contribution in [0.4, 0.5) is 22.9 Å². The molecule has 0 saturated heterocycles. The summed E-state index contributed by atoms with van der Waals surface area (Å²) < 4.78 is 0. The lowest BCUT2D eigenvalue weighted by Gasteiger charge is -2.33. The van der Waals surface area contributed by atoms with E-state index in [-0.39, 0.29) is 24.4 Å². The fraction of sp³-hybridized carbons (Fsp3) is 0.296. The lowest BCUT2D eigenvalue weighted by atomic mass is 10.1. The first kappa shape index (κ1) is 22.1. The van der Waals surface area contributed by atoms with Gasteiger partial charge in [0, 0.05) is 24.5 Å². The SMILES string of the molecule is CCN(CC)CC1Cc2ccccc2N1CC(=O)N1c2ccccc2C(=O)Nc2cccnc21. The van der Waals surface area contributed by atoms with Gasteiger partial charge < -0.3 is 15.1 Å². The zero-order chi connectivity index (χ0) is 23.7. The van der Waals surface area contributed by atoms with Crippen molar-refractivity contribution in [3.63, 3.8) is 0 Å². The minimum atomic E-state index is -0.244. The van der Waals surface area contributed by atoms with Crippen LogP contribution in [-0.2, 0) is 11.2 Å². The molecule has 0 saturated carbocycles. The third-order valence-electron chi connectivity index (χ3n) is 6.75. The van der Waals surface area contributed by atoms with Crippen molar-refractivity contribution in [1.82, 2.24) is 9.88 Å². The molecule has 2 amide bonds. The summed E-state index contributed by atoms with van der Waals surface area (Å²) in [6.45, 7) is 7.36. The Morgan fingerprint density at radius 1 is 1.03 bits per heavy atom. The summed E-state index contributed by atoms with van der Waals surface area (Å²) in [6, 6.07) is 19.3. The first-order valence-corrected chi connectivity index (χ1v) is 11.9. The molecule has 2 aliphatic heterocycles. The lowest BCUT2D eigenvalue weighted by Crippen LogP contribution is -2.47. The van der Waals surface area contributed by atoms with Gasteiger partial charge in [-0.15, -0.1) is 0 Å². The van der Waals surface area contributed by atoms with Crippen molar-refractivity contribution in [2.24, 2.45) is 0 Å². The van der Waals surface area contributed by atoms with Gasteiger partial charge in [-0.1, -0.05) is 44.2 Å². The number of amides is 2. The number of nitrogens with zero attached hydrogens (tertiary/aromatic N) is 4. The van der Waals surface area contributed by atoms with Gasteiger partial charge in [-0.25, -0.2) is 4.98 Å². The van der Waals surface area contributed by atoms with Crippen molar-refractivity contribution in [3.8, 4) is 0 Å². The van der Waals surface area contributed by atoms with E-state index < -0.39 is 0 Å². The second kappa shape index (κ2) is 9.27. The molecule has 1 N–H and O–H groups in total. The van der Waals surface area contributed by atoms with Crippen LogP contribution in [0.1, 0.15) is 29.8 Å². The monoisotopic (exact) mass is 455 g/mol. The molecule has 0 spiro atoms. The summed E-state index contributed by atoms with van der Waals surface area (Å²) in [5, 5.41) is 2.91. The summed E-state index contributed by atoms with van der Waals surface area (Å²) in [5.41, 5.74) is 3.90. The third kappa shape index (κ3) is 3.92. The molecule has 0 radical (unpaired) electrons. The quantitative estimate of drug-likeness (QED) is 0.607. The Balaban J connectivity index is 1.53. The Kier molecular flexibility index (Phi) is 6.02. The third-order valence-corrected chi connectivity index (χ3v) is 6.75. The predicted octanol–water partition coefficient (Wildman–Crippen LogP) is 4.09. The number of pyridine rings is 1. The number of rotatable bonds is 6. The Bertz CT molecular complexity index is 1220. The normalized spacial score (nSPS) is 16.6. The molecule has 1 aromatic heterocycles. The largest absolute Gasteiger partial charge is 0.357 e. The summed E-state index contributed by atoms with van der Waals surface area (Å²) in [5.74, 6) is 0.0785. The van der Waals surface area contributed by atoms with Crippen LogP contribution >= 0.6 is 0 Å². The van der Waals surface area contributed by atoms with E-state index in [4.69, 9.17) is 0 Å². The average molecular weight is 456 g/mol. The van der Waals surface area contributed by atoms with Crippen LogP contribution in [0.3, 0.4) is 0 Å². The first-order chi connectivity index (χ1) is 16.6.